The molecule has 0 radical (unpaired) electrons. The van der Waals surface area contributed by atoms with Crippen LogP contribution in [0.3, 0.4) is 0 Å². The minimum atomic E-state index is -3.48. The Hall–Kier alpha value is -1.27. The van der Waals surface area contributed by atoms with Gasteiger partial charge in [0.2, 0.25) is 15.9 Å². The van der Waals surface area contributed by atoms with Crippen molar-refractivity contribution in [3.63, 3.8) is 0 Å². The van der Waals surface area contributed by atoms with Gasteiger partial charge in [-0.3, -0.25) is 9.52 Å². The first-order valence-electron chi connectivity index (χ1n) is 6.23. The fourth-order valence-corrected chi connectivity index (χ4v) is 3.39. The van der Waals surface area contributed by atoms with Crippen LogP contribution in [-0.2, 0) is 21.2 Å². The van der Waals surface area contributed by atoms with Gasteiger partial charge in [0, 0.05) is 12.9 Å². The zero-order valence-corrected chi connectivity index (χ0v) is 13.1. The van der Waals surface area contributed by atoms with Crippen LogP contribution < -0.4 is 10.0 Å². The minimum Gasteiger partial charge on any atom is -0.359 e. The van der Waals surface area contributed by atoms with Gasteiger partial charge < -0.3 is 5.32 Å². The van der Waals surface area contributed by atoms with E-state index in [-0.39, 0.29) is 29.9 Å². The van der Waals surface area contributed by atoms with E-state index in [4.69, 9.17) is 11.6 Å². The lowest BCUT2D eigenvalue weighted by Crippen LogP contribution is -2.24. The molecule has 0 bridgehead atoms. The molecule has 5 nitrogen and oxygen atoms in total. The molecule has 0 saturated heterocycles. The van der Waals surface area contributed by atoms with Crippen molar-refractivity contribution in [1.29, 1.82) is 0 Å². The van der Waals surface area contributed by atoms with E-state index in [2.05, 4.69) is 10.0 Å². The number of likely N-dealkylation sites (N-methyl/N-ethyl adjacent to an activating group) is 1. The Balaban J connectivity index is 2.89. The smallest absolute Gasteiger partial charge is 0.233 e. The molecular formula is C13H19ClN2O3S. The second kappa shape index (κ2) is 7.50. The van der Waals surface area contributed by atoms with Gasteiger partial charge in [0.15, 0.2) is 0 Å². The lowest BCUT2D eigenvalue weighted by atomic mass is 10.1. The van der Waals surface area contributed by atoms with E-state index in [0.29, 0.717) is 11.3 Å². The maximum atomic E-state index is 12.0. The van der Waals surface area contributed by atoms with E-state index < -0.39 is 10.0 Å². The Labute approximate surface area is 124 Å². The Morgan fingerprint density at radius 2 is 2.00 bits per heavy atom. The summed E-state index contributed by atoms with van der Waals surface area (Å²) in [5, 5.41) is 2.51. The molecule has 7 heteroatoms. The van der Waals surface area contributed by atoms with Crippen molar-refractivity contribution in [1.82, 2.24) is 5.32 Å². The van der Waals surface area contributed by atoms with Gasteiger partial charge in [-0.05, 0) is 17.5 Å². The topological polar surface area (TPSA) is 75.3 Å². The third-order valence-corrected chi connectivity index (χ3v) is 4.75. The molecule has 0 spiro atoms. The van der Waals surface area contributed by atoms with Crippen LogP contribution in [0.5, 0.6) is 0 Å². The number of sulfonamides is 1. The van der Waals surface area contributed by atoms with Gasteiger partial charge in [0.1, 0.15) is 0 Å². The number of para-hydroxylation sites is 1. The molecule has 0 aliphatic carbocycles. The van der Waals surface area contributed by atoms with E-state index in [1.54, 1.807) is 31.2 Å². The largest absolute Gasteiger partial charge is 0.359 e. The lowest BCUT2D eigenvalue weighted by molar-refractivity contribution is -0.119. The summed E-state index contributed by atoms with van der Waals surface area (Å²) in [6.07, 6.45) is 0.125. The fourth-order valence-electron chi connectivity index (χ4n) is 1.66. The predicted octanol–water partition coefficient (Wildman–Crippen LogP) is 1.59. The average Bonchev–Trinajstić information content (AvgIpc) is 2.39. The number of rotatable bonds is 7. The molecule has 0 heterocycles. The van der Waals surface area contributed by atoms with Crippen molar-refractivity contribution in [2.75, 3.05) is 23.4 Å². The Kier molecular flexibility index (Phi) is 6.29. The SMILES string of the molecule is CNC(=O)Cc1ccccc1NS(=O)(=O)CC(C)CCl. The molecule has 1 aromatic carbocycles. The minimum absolute atomic E-state index is 0.0508. The number of nitrogens with one attached hydrogen (secondary N) is 2. The number of hydrogen-bond donors (Lipinski definition) is 2. The second-order valence-corrected chi connectivity index (χ2v) is 6.73. The van der Waals surface area contributed by atoms with Gasteiger partial charge in [-0.25, -0.2) is 8.42 Å². The van der Waals surface area contributed by atoms with Gasteiger partial charge in [-0.15, -0.1) is 11.6 Å². The van der Waals surface area contributed by atoms with Crippen LogP contribution in [0.4, 0.5) is 5.69 Å². The van der Waals surface area contributed by atoms with Crippen LogP contribution in [0.2, 0.25) is 0 Å². The second-order valence-electron chi connectivity index (χ2n) is 4.65. The molecule has 1 atom stereocenters. The van der Waals surface area contributed by atoms with Crippen molar-refractivity contribution in [3.05, 3.63) is 29.8 Å². The zero-order valence-electron chi connectivity index (χ0n) is 11.5. The summed E-state index contributed by atoms with van der Waals surface area (Å²) in [5.74, 6) is -0.0861. The van der Waals surface area contributed by atoms with Crippen molar-refractivity contribution in [2.45, 2.75) is 13.3 Å². The molecule has 0 aromatic heterocycles. The van der Waals surface area contributed by atoms with Crippen LogP contribution in [0.25, 0.3) is 0 Å². The van der Waals surface area contributed by atoms with Gasteiger partial charge in [0.05, 0.1) is 17.9 Å². The zero-order chi connectivity index (χ0) is 15.2. The quantitative estimate of drug-likeness (QED) is 0.750. The molecule has 0 saturated carbocycles. The van der Waals surface area contributed by atoms with Gasteiger partial charge in [0.25, 0.3) is 0 Å². The molecular weight excluding hydrogens is 300 g/mol. The molecule has 1 aromatic rings. The molecule has 1 rings (SSSR count). The third kappa shape index (κ3) is 5.38. The molecule has 0 aliphatic rings. The van der Waals surface area contributed by atoms with E-state index in [9.17, 15) is 13.2 Å². The van der Waals surface area contributed by atoms with E-state index in [0.717, 1.165) is 0 Å². The van der Waals surface area contributed by atoms with E-state index >= 15 is 0 Å². The molecule has 20 heavy (non-hydrogen) atoms. The molecule has 0 fully saturated rings. The molecule has 1 unspecified atom stereocenters. The maximum absolute atomic E-state index is 12.0. The van der Waals surface area contributed by atoms with Crippen LogP contribution in [0.15, 0.2) is 24.3 Å². The summed E-state index contributed by atoms with van der Waals surface area (Å²) in [7, 11) is -1.94. The number of alkyl halides is 1. The van der Waals surface area contributed by atoms with Gasteiger partial charge in [-0.1, -0.05) is 25.1 Å². The first-order valence-corrected chi connectivity index (χ1v) is 8.41. The maximum Gasteiger partial charge on any atom is 0.233 e. The highest BCUT2D eigenvalue weighted by Crippen LogP contribution is 2.18. The van der Waals surface area contributed by atoms with Crippen molar-refractivity contribution in [2.24, 2.45) is 5.92 Å². The summed E-state index contributed by atoms with van der Waals surface area (Å²) in [6, 6.07) is 6.84. The number of carbonyl (C=O) groups excluding carboxylic acids is 1. The summed E-state index contributed by atoms with van der Waals surface area (Å²) in [4.78, 5) is 11.4. The summed E-state index contributed by atoms with van der Waals surface area (Å²) < 4.78 is 26.5. The molecule has 112 valence electrons. The average molecular weight is 319 g/mol. The third-order valence-electron chi connectivity index (χ3n) is 2.68. The number of amides is 1. The summed E-state index contributed by atoms with van der Waals surface area (Å²) in [5.41, 5.74) is 1.06. The van der Waals surface area contributed by atoms with Crippen LogP contribution in [0.1, 0.15) is 12.5 Å². The van der Waals surface area contributed by atoms with Crippen LogP contribution in [-0.4, -0.2) is 33.0 Å². The first-order chi connectivity index (χ1) is 9.38. The number of hydrogen-bond acceptors (Lipinski definition) is 3. The first kappa shape index (κ1) is 16.8. The standard InChI is InChI=1S/C13H19ClN2O3S/c1-10(8-14)9-20(18,19)16-12-6-4-3-5-11(12)7-13(17)15-2/h3-6,10,16H,7-9H2,1-2H3,(H,15,17). The number of carbonyl (C=O) groups is 1. The molecule has 0 aliphatic heterocycles. The van der Waals surface area contributed by atoms with Crippen LogP contribution >= 0.6 is 11.6 Å². The van der Waals surface area contributed by atoms with E-state index in [1.807, 2.05) is 0 Å². The fraction of sp³-hybridized carbons (Fsp3) is 0.462. The van der Waals surface area contributed by atoms with Crippen molar-refractivity contribution >= 4 is 33.2 Å². The number of halogens is 1. The number of anilines is 1. The highest BCUT2D eigenvalue weighted by molar-refractivity contribution is 7.92. The van der Waals surface area contributed by atoms with Gasteiger partial charge >= 0.3 is 0 Å². The molecule has 1 amide bonds. The van der Waals surface area contributed by atoms with Crippen molar-refractivity contribution in [3.8, 4) is 0 Å². The highest BCUT2D eigenvalue weighted by Gasteiger charge is 2.17. The Morgan fingerprint density at radius 3 is 2.60 bits per heavy atom. The predicted molar refractivity (Wildman–Crippen MR) is 81.5 cm³/mol. The Morgan fingerprint density at radius 1 is 1.35 bits per heavy atom. The monoisotopic (exact) mass is 318 g/mol. The van der Waals surface area contributed by atoms with Crippen molar-refractivity contribution < 1.29 is 13.2 Å². The van der Waals surface area contributed by atoms with Crippen LogP contribution in [0, 0.1) is 5.92 Å². The molecule has 2 N–H and O–H groups in total. The normalized spacial score (nSPS) is 12.8. The highest BCUT2D eigenvalue weighted by atomic mass is 35.5. The summed E-state index contributed by atoms with van der Waals surface area (Å²) in [6.45, 7) is 1.77. The lowest BCUT2D eigenvalue weighted by Gasteiger charge is -2.14. The Bertz CT molecular complexity index is 560. The van der Waals surface area contributed by atoms with Gasteiger partial charge in [-0.2, -0.15) is 0 Å². The van der Waals surface area contributed by atoms with E-state index in [1.165, 1.54) is 7.05 Å². The number of benzene rings is 1. The summed E-state index contributed by atoms with van der Waals surface area (Å²) >= 11 is 5.63.